The predicted molar refractivity (Wildman–Crippen MR) is 48.1 cm³/mol. The van der Waals surface area contributed by atoms with Crippen molar-refractivity contribution in [2.45, 2.75) is 13.8 Å². The van der Waals surface area contributed by atoms with E-state index in [0.29, 0.717) is 5.57 Å². The molecule has 4 heteroatoms. The summed E-state index contributed by atoms with van der Waals surface area (Å²) in [7, 11) is 0. The molecule has 12 heavy (non-hydrogen) atoms. The maximum absolute atomic E-state index is 8.63. The summed E-state index contributed by atoms with van der Waals surface area (Å²) in [4.78, 5) is 0. The normalized spacial score (nSPS) is 15.8. The molecule has 0 amide bonds. The van der Waals surface area contributed by atoms with Gasteiger partial charge in [-0.15, -0.1) is 0 Å². The van der Waals surface area contributed by atoms with Gasteiger partial charge in [-0.2, -0.15) is 0 Å². The Bertz CT molecular complexity index is 320. The minimum absolute atomic E-state index is 0.283. The van der Waals surface area contributed by atoms with Crippen molar-refractivity contribution in [3.8, 4) is 12.1 Å². The van der Waals surface area contributed by atoms with Crippen LogP contribution in [-0.4, -0.2) is 29.9 Å². The van der Waals surface area contributed by atoms with E-state index in [2.05, 4.69) is 13.8 Å². The quantitative estimate of drug-likeness (QED) is 0.491. The zero-order valence-electron chi connectivity index (χ0n) is 6.71. The fourth-order valence-electron chi connectivity index (χ4n) is 0.661. The van der Waals surface area contributed by atoms with Crippen LogP contribution in [0, 0.1) is 22.7 Å². The van der Waals surface area contributed by atoms with Crippen LogP contribution in [-0.2, 0) is 0 Å². The standard InChI is InChI=1S/C8H6N2Se2/c1-5-6(2)12-8(11-5)7(3-9)4-10/h1-2H3. The first-order chi connectivity index (χ1) is 5.69. The van der Waals surface area contributed by atoms with E-state index in [-0.39, 0.29) is 29.9 Å². The first-order valence-corrected chi connectivity index (χ1v) is 6.69. The number of rotatable bonds is 0. The summed E-state index contributed by atoms with van der Waals surface area (Å²) >= 11 is 0.565. The molecule has 2 nitrogen and oxygen atoms in total. The SMILES string of the molecule is CC1=C(C)[Se]C(=C(C#N)C#N)[Se]1. The average Bonchev–Trinajstić information content (AvgIpc) is 2.35. The van der Waals surface area contributed by atoms with Gasteiger partial charge in [0.2, 0.25) is 0 Å². The Kier molecular flexibility index (Phi) is 3.15. The third-order valence-corrected chi connectivity index (χ3v) is 8.09. The molecule has 1 aliphatic rings. The van der Waals surface area contributed by atoms with Crippen molar-refractivity contribution in [1.29, 1.82) is 10.5 Å². The van der Waals surface area contributed by atoms with Crippen LogP contribution in [0.25, 0.3) is 0 Å². The van der Waals surface area contributed by atoms with Gasteiger partial charge in [-0.25, -0.2) is 0 Å². The van der Waals surface area contributed by atoms with Crippen molar-refractivity contribution >= 4 is 29.9 Å². The summed E-state index contributed by atoms with van der Waals surface area (Å²) in [5.41, 5.74) is 0.353. The molecule has 1 heterocycles. The molecule has 0 spiro atoms. The average molecular weight is 288 g/mol. The van der Waals surface area contributed by atoms with Gasteiger partial charge < -0.3 is 0 Å². The van der Waals surface area contributed by atoms with E-state index in [9.17, 15) is 0 Å². The van der Waals surface area contributed by atoms with Crippen LogP contribution >= 0.6 is 0 Å². The Hall–Kier alpha value is -0.501. The Balaban J connectivity index is 2.96. The van der Waals surface area contributed by atoms with Gasteiger partial charge in [0, 0.05) is 0 Å². The van der Waals surface area contributed by atoms with Gasteiger partial charge in [-0.05, 0) is 0 Å². The molecule has 60 valence electrons. The summed E-state index contributed by atoms with van der Waals surface area (Å²) in [6.07, 6.45) is 0. The second-order valence-corrected chi connectivity index (χ2v) is 8.65. The van der Waals surface area contributed by atoms with Gasteiger partial charge in [-0.1, -0.05) is 0 Å². The summed E-state index contributed by atoms with van der Waals surface area (Å²) in [5.74, 6) is 0. The van der Waals surface area contributed by atoms with E-state index in [1.165, 1.54) is 8.94 Å². The Morgan fingerprint density at radius 2 is 1.50 bits per heavy atom. The Labute approximate surface area is 84.3 Å². The molecule has 0 fully saturated rings. The number of nitrogens with zero attached hydrogens (tertiary/aromatic N) is 2. The summed E-state index contributed by atoms with van der Waals surface area (Å²) in [6, 6.07) is 3.92. The third kappa shape index (κ3) is 1.80. The molecule has 0 radical (unpaired) electrons. The molecule has 0 aromatic carbocycles. The van der Waals surface area contributed by atoms with Crippen molar-refractivity contribution in [3.63, 3.8) is 0 Å². The molecule has 0 N–H and O–H groups in total. The topological polar surface area (TPSA) is 47.6 Å². The number of nitriles is 2. The van der Waals surface area contributed by atoms with E-state index in [0.717, 1.165) is 3.37 Å². The van der Waals surface area contributed by atoms with Crippen molar-refractivity contribution in [3.05, 3.63) is 17.9 Å². The molecular weight excluding hydrogens is 282 g/mol. The summed E-state index contributed by atoms with van der Waals surface area (Å²) in [5, 5.41) is 17.3. The monoisotopic (exact) mass is 290 g/mol. The Morgan fingerprint density at radius 1 is 1.08 bits per heavy atom. The second kappa shape index (κ2) is 3.94. The van der Waals surface area contributed by atoms with E-state index in [4.69, 9.17) is 10.5 Å². The van der Waals surface area contributed by atoms with Crippen LogP contribution in [0.1, 0.15) is 13.8 Å². The fourth-order valence-corrected chi connectivity index (χ4v) is 7.42. The first kappa shape index (κ1) is 9.59. The van der Waals surface area contributed by atoms with Gasteiger partial charge in [0.15, 0.2) is 0 Å². The molecule has 0 saturated heterocycles. The molecule has 0 unspecified atom stereocenters. The van der Waals surface area contributed by atoms with E-state index >= 15 is 0 Å². The first-order valence-electron chi connectivity index (χ1n) is 3.26. The summed E-state index contributed by atoms with van der Waals surface area (Å²) in [6.45, 7) is 4.19. The van der Waals surface area contributed by atoms with Crippen molar-refractivity contribution in [2.75, 3.05) is 0 Å². The number of allylic oxidation sites excluding steroid dienone is 3. The van der Waals surface area contributed by atoms with Crippen LogP contribution in [0.15, 0.2) is 17.9 Å². The van der Waals surface area contributed by atoms with Crippen LogP contribution in [0.5, 0.6) is 0 Å². The third-order valence-electron chi connectivity index (χ3n) is 1.42. The predicted octanol–water partition coefficient (Wildman–Crippen LogP) is 0.919. The Morgan fingerprint density at radius 3 is 1.83 bits per heavy atom. The maximum atomic E-state index is 8.63. The number of hydrogen-bond donors (Lipinski definition) is 0. The van der Waals surface area contributed by atoms with Crippen LogP contribution < -0.4 is 0 Å². The molecule has 0 aromatic rings. The van der Waals surface area contributed by atoms with E-state index in [1.54, 1.807) is 0 Å². The van der Waals surface area contributed by atoms with Gasteiger partial charge in [0.1, 0.15) is 0 Å². The zero-order valence-corrected chi connectivity index (χ0v) is 10.1. The summed E-state index contributed by atoms with van der Waals surface area (Å²) < 4.78 is 3.89. The molecule has 0 aliphatic carbocycles. The molecule has 1 aliphatic heterocycles. The molecule has 0 bridgehead atoms. The van der Waals surface area contributed by atoms with Gasteiger partial charge in [-0.3, -0.25) is 0 Å². The van der Waals surface area contributed by atoms with Gasteiger partial charge >= 0.3 is 84.3 Å². The molecule has 0 atom stereocenters. The molecule has 1 rings (SSSR count). The van der Waals surface area contributed by atoms with E-state index in [1.807, 2.05) is 12.1 Å². The number of hydrogen-bond acceptors (Lipinski definition) is 2. The van der Waals surface area contributed by atoms with Crippen LogP contribution in [0.2, 0.25) is 0 Å². The van der Waals surface area contributed by atoms with Gasteiger partial charge in [0.05, 0.1) is 0 Å². The van der Waals surface area contributed by atoms with Crippen molar-refractivity contribution < 1.29 is 0 Å². The minimum atomic E-state index is 0.283. The second-order valence-electron chi connectivity index (χ2n) is 2.20. The van der Waals surface area contributed by atoms with Crippen LogP contribution in [0.3, 0.4) is 0 Å². The molecule has 0 saturated carbocycles. The molecular formula is C8H6N2Se2. The van der Waals surface area contributed by atoms with E-state index < -0.39 is 0 Å². The molecule has 0 aromatic heterocycles. The fraction of sp³-hybridized carbons (Fsp3) is 0.250. The van der Waals surface area contributed by atoms with Crippen molar-refractivity contribution in [1.82, 2.24) is 0 Å². The van der Waals surface area contributed by atoms with Gasteiger partial charge in [0.25, 0.3) is 0 Å². The van der Waals surface area contributed by atoms with Crippen LogP contribution in [0.4, 0.5) is 0 Å². The van der Waals surface area contributed by atoms with Crippen molar-refractivity contribution in [2.24, 2.45) is 0 Å². The zero-order chi connectivity index (χ0) is 9.14.